The quantitative estimate of drug-likeness (QED) is 0.454. The maximum atomic E-state index is 2.61. The number of fused-ring (bicyclic) bond motifs is 5. The van der Waals surface area contributed by atoms with Crippen LogP contribution in [0.4, 0.5) is 0 Å². The Morgan fingerprint density at radius 2 is 1.62 bits per heavy atom. The molecule has 4 rings (SSSR count). The SMILES string of the molecule is CC[C@H](CC[C@@H](C)[C@]1(C)CCc2c1ccc1c2CC[C@@H]2CCCC[C@]12C)C(C)C. The average Bonchev–Trinajstić information content (AvgIpc) is 3.06. The third-order valence-corrected chi connectivity index (χ3v) is 10.2. The molecule has 0 radical (unpaired) electrons. The van der Waals surface area contributed by atoms with Crippen LogP contribution in [0.2, 0.25) is 0 Å². The monoisotopic (exact) mass is 394 g/mol. The second-order valence-electron chi connectivity index (χ2n) is 11.8. The zero-order valence-electron chi connectivity index (χ0n) is 20.2. The topological polar surface area (TPSA) is 0 Å². The van der Waals surface area contributed by atoms with E-state index < -0.39 is 0 Å². The van der Waals surface area contributed by atoms with E-state index in [1.54, 1.807) is 22.3 Å². The predicted molar refractivity (Wildman–Crippen MR) is 127 cm³/mol. The largest absolute Gasteiger partial charge is 0.0651 e. The van der Waals surface area contributed by atoms with Gasteiger partial charge in [0.2, 0.25) is 0 Å². The fourth-order valence-electron chi connectivity index (χ4n) is 7.70. The lowest BCUT2D eigenvalue weighted by Crippen LogP contribution is -2.40. The molecule has 1 fully saturated rings. The molecule has 5 atom stereocenters. The first-order chi connectivity index (χ1) is 13.8. The van der Waals surface area contributed by atoms with Crippen molar-refractivity contribution in [3.63, 3.8) is 0 Å². The predicted octanol–water partition coefficient (Wildman–Crippen LogP) is 8.38. The first kappa shape index (κ1) is 21.5. The van der Waals surface area contributed by atoms with Gasteiger partial charge in [-0.3, -0.25) is 0 Å². The van der Waals surface area contributed by atoms with Gasteiger partial charge in [-0.1, -0.05) is 72.9 Å². The first-order valence-electron chi connectivity index (χ1n) is 13.0. The van der Waals surface area contributed by atoms with Gasteiger partial charge in [-0.25, -0.2) is 0 Å². The summed E-state index contributed by atoms with van der Waals surface area (Å²) in [5.74, 6) is 3.45. The van der Waals surface area contributed by atoms with Gasteiger partial charge in [0.25, 0.3) is 0 Å². The normalized spacial score (nSPS) is 33.1. The molecule has 0 nitrogen and oxygen atoms in total. The van der Waals surface area contributed by atoms with Crippen LogP contribution < -0.4 is 0 Å². The van der Waals surface area contributed by atoms with Crippen molar-refractivity contribution in [2.75, 3.05) is 0 Å². The molecule has 0 bridgehead atoms. The van der Waals surface area contributed by atoms with E-state index in [2.05, 4.69) is 53.7 Å². The third kappa shape index (κ3) is 3.51. The Morgan fingerprint density at radius 1 is 0.897 bits per heavy atom. The first-order valence-corrected chi connectivity index (χ1v) is 13.0. The van der Waals surface area contributed by atoms with Crippen LogP contribution in [0, 0.1) is 23.7 Å². The average molecular weight is 395 g/mol. The number of rotatable bonds is 6. The van der Waals surface area contributed by atoms with Gasteiger partial charge in [0, 0.05) is 0 Å². The minimum Gasteiger partial charge on any atom is -0.0651 e. The molecule has 0 heterocycles. The summed E-state index contributed by atoms with van der Waals surface area (Å²) in [7, 11) is 0. The van der Waals surface area contributed by atoms with Gasteiger partial charge in [0.15, 0.2) is 0 Å². The van der Waals surface area contributed by atoms with E-state index in [1.165, 1.54) is 70.6 Å². The summed E-state index contributed by atoms with van der Waals surface area (Å²) < 4.78 is 0. The molecule has 162 valence electrons. The highest BCUT2D eigenvalue weighted by atomic mass is 14.5. The van der Waals surface area contributed by atoms with Gasteiger partial charge in [-0.05, 0) is 108 Å². The summed E-state index contributed by atoms with van der Waals surface area (Å²) >= 11 is 0. The van der Waals surface area contributed by atoms with Crippen molar-refractivity contribution in [3.8, 4) is 0 Å². The lowest BCUT2D eigenvalue weighted by atomic mass is 9.57. The van der Waals surface area contributed by atoms with Crippen LogP contribution in [-0.4, -0.2) is 0 Å². The van der Waals surface area contributed by atoms with E-state index in [4.69, 9.17) is 0 Å². The molecule has 0 aliphatic heterocycles. The Morgan fingerprint density at radius 3 is 2.34 bits per heavy atom. The maximum absolute atomic E-state index is 2.61. The molecular weight excluding hydrogens is 348 g/mol. The summed E-state index contributed by atoms with van der Waals surface area (Å²) in [4.78, 5) is 0. The fraction of sp³-hybridized carbons (Fsp3) is 0.793. The highest BCUT2D eigenvalue weighted by Crippen LogP contribution is 2.54. The van der Waals surface area contributed by atoms with Crippen molar-refractivity contribution in [1.29, 1.82) is 0 Å². The van der Waals surface area contributed by atoms with Crippen molar-refractivity contribution < 1.29 is 0 Å². The number of hydrogen-bond acceptors (Lipinski definition) is 0. The Hall–Kier alpha value is -0.780. The van der Waals surface area contributed by atoms with Crippen molar-refractivity contribution in [2.45, 2.75) is 123 Å². The zero-order chi connectivity index (χ0) is 20.8. The third-order valence-electron chi connectivity index (χ3n) is 10.2. The fourth-order valence-corrected chi connectivity index (χ4v) is 7.70. The molecule has 1 aromatic rings. The molecule has 0 heteroatoms. The van der Waals surface area contributed by atoms with Crippen LogP contribution in [0.15, 0.2) is 12.1 Å². The standard InChI is InChI=1S/C29H46/c1-7-22(20(2)3)12-11-21(4)28(5)19-17-25-24-14-13-23-10-8-9-18-29(23,6)27(24)16-15-26(25)28/h15-16,20-23H,7-14,17-19H2,1-6H3/t21-,22-,23+,28+,29+/m1/s1. The molecule has 0 unspecified atom stereocenters. The summed E-state index contributed by atoms with van der Waals surface area (Å²) in [5.41, 5.74) is 7.95. The summed E-state index contributed by atoms with van der Waals surface area (Å²) in [5, 5.41) is 0. The summed E-state index contributed by atoms with van der Waals surface area (Å²) in [6, 6.07) is 5.20. The minimum atomic E-state index is 0.393. The van der Waals surface area contributed by atoms with E-state index in [0.29, 0.717) is 10.8 Å². The van der Waals surface area contributed by atoms with Gasteiger partial charge >= 0.3 is 0 Å². The molecule has 29 heavy (non-hydrogen) atoms. The van der Waals surface area contributed by atoms with Crippen LogP contribution in [0.3, 0.4) is 0 Å². The van der Waals surface area contributed by atoms with Crippen LogP contribution in [-0.2, 0) is 23.7 Å². The van der Waals surface area contributed by atoms with Crippen LogP contribution in [0.25, 0.3) is 0 Å². The van der Waals surface area contributed by atoms with Crippen LogP contribution >= 0.6 is 0 Å². The summed E-state index contributed by atoms with van der Waals surface area (Å²) in [6.45, 7) is 15.0. The molecule has 3 aliphatic rings. The minimum absolute atomic E-state index is 0.393. The molecule has 0 N–H and O–H groups in total. The smallest absolute Gasteiger partial charge is 0.00437 e. The molecular formula is C29H46. The van der Waals surface area contributed by atoms with Gasteiger partial charge in [0.1, 0.15) is 0 Å². The van der Waals surface area contributed by atoms with E-state index in [0.717, 1.165) is 23.7 Å². The molecule has 0 saturated heterocycles. The second-order valence-corrected chi connectivity index (χ2v) is 11.8. The Bertz CT molecular complexity index is 728. The van der Waals surface area contributed by atoms with Crippen molar-refractivity contribution in [2.24, 2.45) is 23.7 Å². The van der Waals surface area contributed by atoms with Crippen molar-refractivity contribution in [3.05, 3.63) is 34.4 Å². The molecule has 1 aromatic carbocycles. The van der Waals surface area contributed by atoms with E-state index >= 15 is 0 Å². The Labute approximate surface area is 181 Å². The number of benzene rings is 1. The van der Waals surface area contributed by atoms with E-state index in [1.807, 2.05) is 0 Å². The van der Waals surface area contributed by atoms with Crippen LogP contribution in [0.5, 0.6) is 0 Å². The lowest BCUT2D eigenvalue weighted by Gasteiger charge is -2.47. The van der Waals surface area contributed by atoms with E-state index in [9.17, 15) is 0 Å². The highest BCUT2D eigenvalue weighted by molar-refractivity contribution is 5.52. The van der Waals surface area contributed by atoms with Gasteiger partial charge in [0.05, 0.1) is 0 Å². The highest BCUT2D eigenvalue weighted by Gasteiger charge is 2.46. The van der Waals surface area contributed by atoms with Gasteiger partial charge in [-0.15, -0.1) is 0 Å². The number of hydrogen-bond donors (Lipinski definition) is 0. The van der Waals surface area contributed by atoms with Gasteiger partial charge < -0.3 is 0 Å². The Kier molecular flexibility index (Phi) is 5.95. The molecule has 1 saturated carbocycles. The summed E-state index contributed by atoms with van der Waals surface area (Å²) in [6.07, 6.45) is 15.4. The lowest BCUT2D eigenvalue weighted by molar-refractivity contribution is 0.177. The van der Waals surface area contributed by atoms with Gasteiger partial charge in [-0.2, -0.15) is 0 Å². The molecule has 0 spiro atoms. The molecule has 0 amide bonds. The van der Waals surface area contributed by atoms with Crippen molar-refractivity contribution >= 4 is 0 Å². The van der Waals surface area contributed by atoms with E-state index in [-0.39, 0.29) is 0 Å². The van der Waals surface area contributed by atoms with Crippen molar-refractivity contribution in [1.82, 2.24) is 0 Å². The Balaban J connectivity index is 1.60. The molecule has 3 aliphatic carbocycles. The maximum Gasteiger partial charge on any atom is -0.00437 e. The molecule has 0 aromatic heterocycles. The zero-order valence-corrected chi connectivity index (χ0v) is 20.2. The second kappa shape index (κ2) is 8.05. The van der Waals surface area contributed by atoms with Crippen LogP contribution in [0.1, 0.15) is 122 Å².